The molecule has 1 radical (unpaired) electrons. The van der Waals surface area contributed by atoms with Gasteiger partial charge in [-0.25, -0.2) is 0 Å². The summed E-state index contributed by atoms with van der Waals surface area (Å²) in [5, 5.41) is 13.5. The second-order valence-electron chi connectivity index (χ2n) is 6.83. The Balaban J connectivity index is 2.35. The largest absolute Gasteiger partial charge is 0.257 e. The van der Waals surface area contributed by atoms with Crippen molar-refractivity contribution < 1.29 is 9.42 Å². The molecule has 3 nitrogen and oxygen atoms in total. The SMILES string of the molecule is CC1(C)C=C(c2ccc(CS(C)(=O)=S)cc2)C(C)(C)N1[O]. The molecule has 1 unspecified atom stereocenters. The van der Waals surface area contributed by atoms with E-state index in [0.717, 1.165) is 21.8 Å². The molecule has 0 bridgehead atoms. The molecule has 0 aliphatic carbocycles. The maximum absolute atomic E-state index is 12.4. The van der Waals surface area contributed by atoms with Crippen LogP contribution in [0.4, 0.5) is 0 Å². The Hall–Kier alpha value is -0.750. The first-order chi connectivity index (χ1) is 9.43. The Morgan fingerprint density at radius 1 is 1.14 bits per heavy atom. The average Bonchev–Trinajstić information content (AvgIpc) is 2.49. The quantitative estimate of drug-likeness (QED) is 0.857. The summed E-state index contributed by atoms with van der Waals surface area (Å²) in [4.78, 5) is 0. The lowest BCUT2D eigenvalue weighted by Gasteiger charge is -2.34. The van der Waals surface area contributed by atoms with E-state index in [0.29, 0.717) is 5.75 Å². The minimum atomic E-state index is -2.20. The molecule has 21 heavy (non-hydrogen) atoms. The smallest absolute Gasteiger partial charge is 0.0698 e. The van der Waals surface area contributed by atoms with E-state index in [4.69, 9.17) is 11.2 Å². The van der Waals surface area contributed by atoms with Crippen LogP contribution in [0.15, 0.2) is 30.3 Å². The zero-order chi connectivity index (χ0) is 16.1. The Morgan fingerprint density at radius 3 is 2.05 bits per heavy atom. The third-order valence-electron chi connectivity index (χ3n) is 3.88. The van der Waals surface area contributed by atoms with Crippen LogP contribution in [0.5, 0.6) is 0 Å². The Labute approximate surface area is 132 Å². The van der Waals surface area contributed by atoms with Gasteiger partial charge in [0.1, 0.15) is 0 Å². The molecule has 0 amide bonds. The third-order valence-corrected chi connectivity index (χ3v) is 5.09. The molecular weight excluding hydrogens is 302 g/mol. The Bertz CT molecular complexity index is 671. The van der Waals surface area contributed by atoms with Gasteiger partial charge in [-0.2, -0.15) is 0 Å². The van der Waals surface area contributed by atoms with Gasteiger partial charge in [0, 0.05) is 14.7 Å². The van der Waals surface area contributed by atoms with Gasteiger partial charge < -0.3 is 0 Å². The fourth-order valence-electron chi connectivity index (χ4n) is 2.94. The van der Waals surface area contributed by atoms with E-state index in [9.17, 15) is 9.42 Å². The summed E-state index contributed by atoms with van der Waals surface area (Å²) in [7, 11) is -2.20. The van der Waals surface area contributed by atoms with E-state index < -0.39 is 19.6 Å². The minimum Gasteiger partial charge on any atom is -0.257 e. The van der Waals surface area contributed by atoms with Gasteiger partial charge in [0.2, 0.25) is 0 Å². The highest BCUT2D eigenvalue weighted by Crippen LogP contribution is 2.43. The van der Waals surface area contributed by atoms with Crippen LogP contribution in [0.1, 0.15) is 38.8 Å². The van der Waals surface area contributed by atoms with Crippen molar-refractivity contribution in [2.45, 2.75) is 44.5 Å². The van der Waals surface area contributed by atoms with Crippen LogP contribution >= 0.6 is 0 Å². The molecule has 0 N–H and O–H groups in total. The first kappa shape index (κ1) is 16.6. The van der Waals surface area contributed by atoms with Gasteiger partial charge in [0.15, 0.2) is 0 Å². The summed E-state index contributed by atoms with van der Waals surface area (Å²) >= 11 is 4.96. The first-order valence-corrected chi connectivity index (χ1v) is 9.97. The molecule has 0 spiro atoms. The topological polar surface area (TPSA) is 40.2 Å². The van der Waals surface area contributed by atoms with Crippen molar-refractivity contribution in [3.8, 4) is 0 Å². The number of rotatable bonds is 3. The second kappa shape index (κ2) is 5.16. The predicted molar refractivity (Wildman–Crippen MR) is 90.2 cm³/mol. The van der Waals surface area contributed by atoms with Crippen molar-refractivity contribution in [3.05, 3.63) is 41.5 Å². The van der Waals surface area contributed by atoms with Crippen molar-refractivity contribution in [2.24, 2.45) is 0 Å². The molecule has 1 aliphatic heterocycles. The maximum Gasteiger partial charge on any atom is 0.0698 e. The minimum absolute atomic E-state index is 0.407. The molecule has 1 aliphatic rings. The fraction of sp³-hybridized carbons (Fsp3) is 0.500. The van der Waals surface area contributed by atoms with Crippen LogP contribution in [0, 0.1) is 0 Å². The molecule has 1 heterocycles. The van der Waals surface area contributed by atoms with Gasteiger partial charge in [-0.3, -0.25) is 4.21 Å². The lowest BCUT2D eigenvalue weighted by Crippen LogP contribution is -2.46. The molecule has 0 saturated carbocycles. The first-order valence-electron chi connectivity index (χ1n) is 6.91. The van der Waals surface area contributed by atoms with E-state index in [1.54, 1.807) is 6.26 Å². The van der Waals surface area contributed by atoms with Crippen LogP contribution in [0.25, 0.3) is 5.57 Å². The van der Waals surface area contributed by atoms with E-state index >= 15 is 0 Å². The average molecular weight is 324 g/mol. The van der Waals surface area contributed by atoms with Crippen molar-refractivity contribution in [1.29, 1.82) is 0 Å². The monoisotopic (exact) mass is 324 g/mol. The molecule has 1 aromatic carbocycles. The van der Waals surface area contributed by atoms with E-state index in [1.165, 1.54) is 0 Å². The Kier molecular flexibility index (Phi) is 4.08. The number of hydrogen-bond acceptors (Lipinski definition) is 3. The highest BCUT2D eigenvalue weighted by Gasteiger charge is 2.46. The predicted octanol–water partition coefficient (Wildman–Crippen LogP) is 3.16. The van der Waals surface area contributed by atoms with Gasteiger partial charge >= 0.3 is 0 Å². The second-order valence-corrected chi connectivity index (χ2v) is 11.1. The molecule has 2 rings (SSSR count). The van der Waals surface area contributed by atoms with Crippen LogP contribution < -0.4 is 0 Å². The van der Waals surface area contributed by atoms with Crippen LogP contribution in [0.2, 0.25) is 0 Å². The zero-order valence-electron chi connectivity index (χ0n) is 13.2. The van der Waals surface area contributed by atoms with E-state index in [1.807, 2.05) is 58.0 Å². The number of hydroxylamine groups is 2. The normalized spacial score (nSPS) is 23.6. The van der Waals surface area contributed by atoms with E-state index in [-0.39, 0.29) is 0 Å². The maximum atomic E-state index is 12.4. The number of nitrogens with zero attached hydrogens (tertiary/aromatic N) is 1. The fourth-order valence-corrected chi connectivity index (χ4v) is 4.14. The highest BCUT2D eigenvalue weighted by atomic mass is 32.8. The molecule has 0 saturated heterocycles. The summed E-state index contributed by atoms with van der Waals surface area (Å²) in [6.07, 6.45) is 3.63. The van der Waals surface area contributed by atoms with E-state index in [2.05, 4.69) is 0 Å². The summed E-state index contributed by atoms with van der Waals surface area (Å²) in [6.45, 7) is 7.73. The van der Waals surface area contributed by atoms with Crippen LogP contribution in [-0.4, -0.2) is 26.6 Å². The molecule has 0 fully saturated rings. The van der Waals surface area contributed by atoms with Crippen molar-refractivity contribution in [1.82, 2.24) is 5.06 Å². The van der Waals surface area contributed by atoms with Gasteiger partial charge in [0.25, 0.3) is 0 Å². The number of benzene rings is 1. The lowest BCUT2D eigenvalue weighted by molar-refractivity contribution is -0.234. The van der Waals surface area contributed by atoms with Crippen molar-refractivity contribution in [2.75, 3.05) is 6.26 Å². The molecule has 1 atom stereocenters. The molecule has 5 heteroatoms. The third kappa shape index (κ3) is 3.37. The van der Waals surface area contributed by atoms with Gasteiger partial charge in [-0.05, 0) is 55.6 Å². The number of hydrogen-bond donors (Lipinski definition) is 0. The summed E-state index contributed by atoms with van der Waals surface area (Å²) in [5.74, 6) is 0.407. The van der Waals surface area contributed by atoms with Crippen LogP contribution in [-0.2, 0) is 30.6 Å². The molecule has 0 aromatic heterocycles. The van der Waals surface area contributed by atoms with Crippen LogP contribution in [0.3, 0.4) is 0 Å². The Morgan fingerprint density at radius 2 is 1.67 bits per heavy atom. The summed E-state index contributed by atoms with van der Waals surface area (Å²) in [6, 6.07) is 7.86. The lowest BCUT2D eigenvalue weighted by atomic mass is 9.90. The molecule has 1 aromatic rings. The van der Waals surface area contributed by atoms with Gasteiger partial charge in [-0.1, -0.05) is 30.3 Å². The van der Waals surface area contributed by atoms with Gasteiger partial charge in [-0.15, -0.1) is 10.3 Å². The van der Waals surface area contributed by atoms with Crippen molar-refractivity contribution >= 4 is 25.3 Å². The molecular formula is C16H22NO2S2. The highest BCUT2D eigenvalue weighted by molar-refractivity contribution is 8.32. The summed E-state index contributed by atoms with van der Waals surface area (Å²) < 4.78 is 11.7. The van der Waals surface area contributed by atoms with Crippen molar-refractivity contribution in [3.63, 3.8) is 0 Å². The zero-order valence-corrected chi connectivity index (χ0v) is 14.8. The molecule has 115 valence electrons. The standard InChI is InChI=1S/C16H22NO2S2/c1-15(2)10-14(16(3,4)17(15)18)13-8-6-12(7-9-13)11-21(5,19)20/h6-10H,11H2,1-5H3. The van der Waals surface area contributed by atoms with Gasteiger partial charge in [0.05, 0.1) is 16.8 Å². The summed E-state index contributed by atoms with van der Waals surface area (Å²) in [5.41, 5.74) is 1.97.